The molecule has 118 valence electrons. The van der Waals surface area contributed by atoms with E-state index in [1.54, 1.807) is 0 Å². The summed E-state index contributed by atoms with van der Waals surface area (Å²) in [6, 6.07) is 0. The van der Waals surface area contributed by atoms with E-state index >= 15 is 0 Å². The van der Waals surface area contributed by atoms with E-state index in [2.05, 4.69) is 18.0 Å². The average Bonchev–Trinajstić information content (AvgIpc) is 2.54. The van der Waals surface area contributed by atoms with Crippen LogP contribution in [0.2, 0.25) is 0 Å². The summed E-state index contributed by atoms with van der Waals surface area (Å²) in [7, 11) is 2.29. The molecule has 0 aromatic carbocycles. The molecule has 2 nitrogen and oxygen atoms in total. The number of piperidine rings is 1. The lowest BCUT2D eigenvalue weighted by atomic mass is 9.66. The summed E-state index contributed by atoms with van der Waals surface area (Å²) >= 11 is 0. The first-order chi connectivity index (χ1) is 10.3. The maximum atomic E-state index is 6.78. The summed E-state index contributed by atoms with van der Waals surface area (Å²) in [4.78, 5) is 2.52. The molecule has 4 rings (SSSR count). The maximum absolute atomic E-state index is 6.78. The normalized spacial score (nSPS) is 44.6. The van der Waals surface area contributed by atoms with E-state index in [-0.39, 0.29) is 0 Å². The minimum atomic E-state index is 0.527. The van der Waals surface area contributed by atoms with Crippen molar-refractivity contribution in [3.05, 3.63) is 11.6 Å². The second kappa shape index (κ2) is 6.04. The van der Waals surface area contributed by atoms with E-state index in [0.717, 1.165) is 17.8 Å². The number of allylic oxidation sites excluding steroid dienone is 1. The molecule has 0 radical (unpaired) electrons. The van der Waals surface area contributed by atoms with Gasteiger partial charge in [0.15, 0.2) is 0 Å². The van der Waals surface area contributed by atoms with Crippen LogP contribution in [0.5, 0.6) is 0 Å². The molecule has 1 saturated carbocycles. The molecule has 21 heavy (non-hydrogen) atoms. The minimum absolute atomic E-state index is 0.527. The third-order valence-corrected chi connectivity index (χ3v) is 6.51. The van der Waals surface area contributed by atoms with Crippen molar-refractivity contribution in [2.24, 2.45) is 17.8 Å². The monoisotopic (exact) mass is 289 g/mol. The van der Waals surface area contributed by atoms with Gasteiger partial charge in [0.25, 0.3) is 0 Å². The van der Waals surface area contributed by atoms with Crippen molar-refractivity contribution in [2.75, 3.05) is 20.1 Å². The Morgan fingerprint density at radius 1 is 1.00 bits per heavy atom. The third-order valence-electron chi connectivity index (χ3n) is 6.51. The topological polar surface area (TPSA) is 12.5 Å². The SMILES string of the molecule is CN1CCCC([C@@H]2O[C@H]3CCCC[C@@H]3C3=CCCC[C@@H]32)C1. The number of likely N-dealkylation sites (tertiary alicyclic amines) is 1. The Morgan fingerprint density at radius 3 is 2.76 bits per heavy atom. The first-order valence-corrected chi connectivity index (χ1v) is 9.37. The summed E-state index contributed by atoms with van der Waals surface area (Å²) in [5.41, 5.74) is 1.83. The van der Waals surface area contributed by atoms with Crippen LogP contribution in [0.15, 0.2) is 11.6 Å². The Balaban J connectivity index is 1.58. The van der Waals surface area contributed by atoms with Gasteiger partial charge < -0.3 is 9.64 Å². The van der Waals surface area contributed by atoms with Crippen molar-refractivity contribution in [1.82, 2.24) is 4.90 Å². The summed E-state index contributed by atoms with van der Waals surface area (Å²) in [6.07, 6.45) is 16.1. The number of ether oxygens (including phenoxy) is 1. The number of nitrogens with zero attached hydrogens (tertiary/aromatic N) is 1. The van der Waals surface area contributed by atoms with Gasteiger partial charge in [0.05, 0.1) is 12.2 Å². The van der Waals surface area contributed by atoms with Crippen LogP contribution in [0.1, 0.15) is 57.8 Å². The fourth-order valence-corrected chi connectivity index (χ4v) is 5.56. The molecule has 0 spiro atoms. The van der Waals surface area contributed by atoms with Gasteiger partial charge in [0, 0.05) is 18.4 Å². The predicted molar refractivity (Wildman–Crippen MR) is 86.3 cm³/mol. The van der Waals surface area contributed by atoms with Crippen LogP contribution in [0.25, 0.3) is 0 Å². The molecule has 0 aromatic rings. The van der Waals surface area contributed by atoms with E-state index in [9.17, 15) is 0 Å². The first kappa shape index (κ1) is 14.3. The van der Waals surface area contributed by atoms with Crippen LogP contribution < -0.4 is 0 Å². The third kappa shape index (κ3) is 2.70. The lowest BCUT2D eigenvalue weighted by Gasteiger charge is -2.51. The average molecular weight is 289 g/mol. The van der Waals surface area contributed by atoms with Gasteiger partial charge in [0.1, 0.15) is 0 Å². The second-order valence-corrected chi connectivity index (χ2v) is 7.94. The number of rotatable bonds is 1. The van der Waals surface area contributed by atoms with Gasteiger partial charge >= 0.3 is 0 Å². The minimum Gasteiger partial charge on any atom is -0.373 e. The molecule has 2 heteroatoms. The molecule has 2 aliphatic heterocycles. The Morgan fingerprint density at radius 2 is 1.86 bits per heavy atom. The van der Waals surface area contributed by atoms with Crippen LogP contribution in [0.4, 0.5) is 0 Å². The van der Waals surface area contributed by atoms with E-state index in [1.807, 2.05) is 5.57 Å². The highest BCUT2D eigenvalue weighted by molar-refractivity contribution is 5.21. The summed E-state index contributed by atoms with van der Waals surface area (Å²) in [5, 5.41) is 0. The number of fused-ring (bicyclic) bond motifs is 3. The molecule has 0 bridgehead atoms. The maximum Gasteiger partial charge on any atom is 0.0684 e. The molecule has 4 aliphatic rings. The summed E-state index contributed by atoms with van der Waals surface area (Å²) < 4.78 is 6.78. The Bertz CT molecular complexity index is 404. The summed E-state index contributed by atoms with van der Waals surface area (Å²) in [6.45, 7) is 2.54. The largest absolute Gasteiger partial charge is 0.373 e. The van der Waals surface area contributed by atoms with E-state index < -0.39 is 0 Å². The molecular weight excluding hydrogens is 258 g/mol. The van der Waals surface area contributed by atoms with Crippen molar-refractivity contribution < 1.29 is 4.74 Å². The fourth-order valence-electron chi connectivity index (χ4n) is 5.56. The zero-order valence-corrected chi connectivity index (χ0v) is 13.6. The van der Waals surface area contributed by atoms with Crippen molar-refractivity contribution in [1.29, 1.82) is 0 Å². The Labute approximate surface area is 129 Å². The van der Waals surface area contributed by atoms with E-state index in [4.69, 9.17) is 4.74 Å². The quantitative estimate of drug-likeness (QED) is 0.676. The van der Waals surface area contributed by atoms with Crippen LogP contribution in [-0.2, 0) is 4.74 Å². The van der Waals surface area contributed by atoms with E-state index in [1.165, 1.54) is 70.9 Å². The Kier molecular flexibility index (Phi) is 4.10. The lowest BCUT2D eigenvalue weighted by molar-refractivity contribution is -0.134. The molecule has 3 fully saturated rings. The predicted octanol–water partition coefficient (Wildman–Crippen LogP) is 4.01. The lowest BCUT2D eigenvalue weighted by Crippen LogP contribution is -2.51. The highest BCUT2D eigenvalue weighted by Gasteiger charge is 2.45. The second-order valence-electron chi connectivity index (χ2n) is 7.94. The molecule has 2 heterocycles. The van der Waals surface area contributed by atoms with Gasteiger partial charge in [-0.2, -0.15) is 0 Å². The highest BCUT2D eigenvalue weighted by Crippen LogP contribution is 2.48. The zero-order chi connectivity index (χ0) is 14.2. The van der Waals surface area contributed by atoms with Crippen molar-refractivity contribution in [3.8, 4) is 0 Å². The van der Waals surface area contributed by atoms with Crippen LogP contribution in [0, 0.1) is 17.8 Å². The highest BCUT2D eigenvalue weighted by atomic mass is 16.5. The van der Waals surface area contributed by atoms with Gasteiger partial charge in [-0.15, -0.1) is 0 Å². The molecular formula is C19H31NO. The molecule has 1 unspecified atom stereocenters. The molecule has 5 atom stereocenters. The van der Waals surface area contributed by atoms with Gasteiger partial charge in [-0.1, -0.05) is 24.5 Å². The van der Waals surface area contributed by atoms with Crippen LogP contribution in [-0.4, -0.2) is 37.2 Å². The van der Waals surface area contributed by atoms with E-state index in [0.29, 0.717) is 12.2 Å². The number of hydrogen-bond donors (Lipinski definition) is 0. The standard InChI is InChI=1S/C19H31NO/c1-20-12-6-7-14(13-20)19-17-10-3-2-8-15(17)16-9-4-5-11-18(16)21-19/h8,14,16-19H,2-7,9-13H2,1H3/t14?,16-,17+,18+,19+/m1/s1. The molecule has 2 saturated heterocycles. The molecule has 2 aliphatic carbocycles. The molecule has 0 amide bonds. The van der Waals surface area contributed by atoms with Crippen molar-refractivity contribution in [2.45, 2.75) is 70.0 Å². The van der Waals surface area contributed by atoms with Gasteiger partial charge in [-0.25, -0.2) is 0 Å². The smallest absolute Gasteiger partial charge is 0.0684 e. The number of hydrogen-bond acceptors (Lipinski definition) is 2. The first-order valence-electron chi connectivity index (χ1n) is 9.37. The van der Waals surface area contributed by atoms with Crippen LogP contribution in [0.3, 0.4) is 0 Å². The fraction of sp³-hybridized carbons (Fsp3) is 0.895. The van der Waals surface area contributed by atoms with Crippen molar-refractivity contribution >= 4 is 0 Å². The van der Waals surface area contributed by atoms with Crippen LogP contribution >= 0.6 is 0 Å². The molecule has 0 N–H and O–H groups in total. The Hall–Kier alpha value is -0.340. The summed E-state index contributed by atoms with van der Waals surface area (Å²) in [5.74, 6) is 2.31. The van der Waals surface area contributed by atoms with Gasteiger partial charge in [0.2, 0.25) is 0 Å². The molecule has 0 aromatic heterocycles. The van der Waals surface area contributed by atoms with Gasteiger partial charge in [-0.3, -0.25) is 0 Å². The zero-order valence-electron chi connectivity index (χ0n) is 13.6. The van der Waals surface area contributed by atoms with Gasteiger partial charge in [-0.05, 0) is 64.5 Å². The van der Waals surface area contributed by atoms with Crippen molar-refractivity contribution in [3.63, 3.8) is 0 Å².